The molecule has 2 aromatic rings. The average Bonchev–Trinajstić information content (AvgIpc) is 2.74. The number of amides is 1. The van der Waals surface area contributed by atoms with Crippen LogP contribution in [0.15, 0.2) is 30.3 Å². The quantitative estimate of drug-likeness (QED) is 0.736. The summed E-state index contributed by atoms with van der Waals surface area (Å²) in [4.78, 5) is 14.3. The van der Waals surface area contributed by atoms with E-state index in [1.165, 1.54) is 0 Å². The monoisotopic (exact) mass is 204 g/mol. The second-order valence-electron chi connectivity index (χ2n) is 2.85. The molecule has 0 saturated heterocycles. The third kappa shape index (κ3) is 2.37. The highest BCUT2D eigenvalue weighted by Crippen LogP contribution is 2.13. The van der Waals surface area contributed by atoms with Crippen LogP contribution in [0.2, 0.25) is 0 Å². The third-order valence-electron chi connectivity index (χ3n) is 2.00. The van der Waals surface area contributed by atoms with Gasteiger partial charge in [0.1, 0.15) is 5.69 Å². The zero-order valence-corrected chi connectivity index (χ0v) is 9.29. The van der Waals surface area contributed by atoms with Crippen molar-refractivity contribution in [2.45, 2.75) is 13.8 Å². The van der Waals surface area contributed by atoms with Gasteiger partial charge in [-0.1, -0.05) is 32.0 Å². The van der Waals surface area contributed by atoms with Crippen molar-refractivity contribution < 1.29 is 4.79 Å². The van der Waals surface area contributed by atoms with Crippen molar-refractivity contribution in [1.82, 2.24) is 10.3 Å². The Morgan fingerprint density at radius 2 is 1.93 bits per heavy atom. The van der Waals surface area contributed by atoms with E-state index in [1.54, 1.807) is 7.05 Å². The van der Waals surface area contributed by atoms with Gasteiger partial charge in [0.2, 0.25) is 0 Å². The average molecular weight is 204 g/mol. The molecular weight excluding hydrogens is 188 g/mol. The SMILES string of the molecule is CC.CNC(=O)c1cc2ccccc2[nH]1. The molecule has 1 aromatic heterocycles. The summed E-state index contributed by atoms with van der Waals surface area (Å²) in [5.74, 6) is -0.0869. The number of benzene rings is 1. The Hall–Kier alpha value is -1.77. The van der Waals surface area contributed by atoms with Gasteiger partial charge in [-0.3, -0.25) is 4.79 Å². The van der Waals surface area contributed by atoms with Crippen LogP contribution in [0.3, 0.4) is 0 Å². The van der Waals surface area contributed by atoms with Gasteiger partial charge in [-0.25, -0.2) is 0 Å². The normalized spacial score (nSPS) is 9.27. The Labute approximate surface area is 89.5 Å². The molecule has 1 amide bonds. The topological polar surface area (TPSA) is 44.9 Å². The standard InChI is InChI=1S/C10H10N2O.C2H6/c1-11-10(13)9-6-7-4-2-3-5-8(7)12-9;1-2/h2-6,12H,1H3,(H,11,13);1-2H3. The van der Waals surface area contributed by atoms with Crippen molar-refractivity contribution in [2.75, 3.05) is 7.05 Å². The maximum absolute atomic E-state index is 11.2. The van der Waals surface area contributed by atoms with E-state index in [2.05, 4.69) is 10.3 Å². The highest BCUT2D eigenvalue weighted by molar-refractivity contribution is 5.97. The van der Waals surface area contributed by atoms with Crippen LogP contribution in [0.1, 0.15) is 24.3 Å². The zero-order chi connectivity index (χ0) is 11.3. The number of aromatic nitrogens is 1. The lowest BCUT2D eigenvalue weighted by Crippen LogP contribution is -2.17. The molecule has 0 unspecified atom stereocenters. The molecule has 0 radical (unpaired) electrons. The predicted octanol–water partition coefficient (Wildman–Crippen LogP) is 2.55. The summed E-state index contributed by atoms with van der Waals surface area (Å²) in [5, 5.41) is 3.63. The molecule has 0 atom stereocenters. The molecule has 0 saturated carbocycles. The second-order valence-corrected chi connectivity index (χ2v) is 2.85. The van der Waals surface area contributed by atoms with E-state index in [4.69, 9.17) is 0 Å². The second kappa shape index (κ2) is 5.20. The molecule has 3 nitrogen and oxygen atoms in total. The van der Waals surface area contributed by atoms with Gasteiger partial charge in [0.25, 0.3) is 5.91 Å². The van der Waals surface area contributed by atoms with Crippen molar-refractivity contribution in [3.63, 3.8) is 0 Å². The van der Waals surface area contributed by atoms with Crippen molar-refractivity contribution in [3.8, 4) is 0 Å². The Bertz CT molecular complexity index is 413. The van der Waals surface area contributed by atoms with E-state index in [9.17, 15) is 4.79 Å². The minimum absolute atomic E-state index is 0.0869. The van der Waals surface area contributed by atoms with Crippen LogP contribution >= 0.6 is 0 Å². The molecule has 0 aliphatic carbocycles. The van der Waals surface area contributed by atoms with Crippen LogP contribution < -0.4 is 5.32 Å². The lowest BCUT2D eigenvalue weighted by atomic mass is 10.2. The van der Waals surface area contributed by atoms with Gasteiger partial charge >= 0.3 is 0 Å². The van der Waals surface area contributed by atoms with Crippen LogP contribution in [0.4, 0.5) is 0 Å². The molecule has 1 heterocycles. The first kappa shape index (κ1) is 11.3. The molecule has 3 heteroatoms. The summed E-state index contributed by atoms with van der Waals surface area (Å²) in [6, 6.07) is 9.64. The summed E-state index contributed by atoms with van der Waals surface area (Å²) in [7, 11) is 1.62. The van der Waals surface area contributed by atoms with Crippen LogP contribution in [0, 0.1) is 0 Å². The fraction of sp³-hybridized carbons (Fsp3) is 0.250. The van der Waals surface area contributed by atoms with Crippen LogP contribution in [-0.4, -0.2) is 17.9 Å². The number of hydrogen-bond acceptors (Lipinski definition) is 1. The fourth-order valence-corrected chi connectivity index (χ4v) is 1.33. The minimum atomic E-state index is -0.0869. The third-order valence-corrected chi connectivity index (χ3v) is 2.00. The smallest absolute Gasteiger partial charge is 0.267 e. The van der Waals surface area contributed by atoms with E-state index >= 15 is 0 Å². The van der Waals surface area contributed by atoms with Gasteiger partial charge in [0.05, 0.1) is 0 Å². The summed E-state index contributed by atoms with van der Waals surface area (Å²) in [6.45, 7) is 4.00. The van der Waals surface area contributed by atoms with Gasteiger partial charge in [-0.05, 0) is 12.1 Å². The van der Waals surface area contributed by atoms with Gasteiger partial charge in [0, 0.05) is 18.0 Å². The lowest BCUT2D eigenvalue weighted by molar-refractivity contribution is 0.0959. The van der Waals surface area contributed by atoms with Crippen LogP contribution in [0.5, 0.6) is 0 Å². The van der Waals surface area contributed by atoms with E-state index in [0.29, 0.717) is 5.69 Å². The van der Waals surface area contributed by atoms with Gasteiger partial charge in [0.15, 0.2) is 0 Å². The van der Waals surface area contributed by atoms with Crippen molar-refractivity contribution in [3.05, 3.63) is 36.0 Å². The Morgan fingerprint density at radius 1 is 1.27 bits per heavy atom. The number of H-pyrrole nitrogens is 1. The molecule has 0 bridgehead atoms. The van der Waals surface area contributed by atoms with Crippen LogP contribution in [-0.2, 0) is 0 Å². The van der Waals surface area contributed by atoms with E-state index in [1.807, 2.05) is 44.2 Å². The molecular formula is C12H16N2O. The molecule has 2 rings (SSSR count). The number of aromatic amines is 1. The van der Waals surface area contributed by atoms with Gasteiger partial charge < -0.3 is 10.3 Å². The van der Waals surface area contributed by atoms with E-state index < -0.39 is 0 Å². The Kier molecular flexibility index (Phi) is 3.92. The van der Waals surface area contributed by atoms with Crippen molar-refractivity contribution >= 4 is 16.8 Å². The largest absolute Gasteiger partial charge is 0.354 e. The number of carbonyl (C=O) groups is 1. The van der Waals surface area contributed by atoms with Crippen molar-refractivity contribution in [2.24, 2.45) is 0 Å². The molecule has 80 valence electrons. The number of carbonyl (C=O) groups excluding carboxylic acids is 1. The predicted molar refractivity (Wildman–Crippen MR) is 63.0 cm³/mol. The lowest BCUT2D eigenvalue weighted by Gasteiger charge is -1.92. The number of fused-ring (bicyclic) bond motifs is 1. The molecule has 0 aliphatic heterocycles. The van der Waals surface area contributed by atoms with Gasteiger partial charge in [-0.2, -0.15) is 0 Å². The van der Waals surface area contributed by atoms with E-state index in [0.717, 1.165) is 10.9 Å². The maximum Gasteiger partial charge on any atom is 0.267 e. The molecule has 0 aliphatic rings. The summed E-state index contributed by atoms with van der Waals surface area (Å²) >= 11 is 0. The number of rotatable bonds is 1. The highest BCUT2D eigenvalue weighted by atomic mass is 16.1. The number of para-hydroxylation sites is 1. The first-order valence-electron chi connectivity index (χ1n) is 5.11. The maximum atomic E-state index is 11.2. The Balaban J connectivity index is 0.000000531. The molecule has 15 heavy (non-hydrogen) atoms. The molecule has 1 aromatic carbocycles. The Morgan fingerprint density at radius 3 is 2.53 bits per heavy atom. The van der Waals surface area contributed by atoms with Crippen molar-refractivity contribution in [1.29, 1.82) is 0 Å². The minimum Gasteiger partial charge on any atom is -0.354 e. The first-order chi connectivity index (χ1) is 7.31. The van der Waals surface area contributed by atoms with Gasteiger partial charge in [-0.15, -0.1) is 0 Å². The molecule has 2 N–H and O–H groups in total. The number of hydrogen-bond donors (Lipinski definition) is 2. The molecule has 0 fully saturated rings. The fourth-order valence-electron chi connectivity index (χ4n) is 1.33. The summed E-state index contributed by atoms with van der Waals surface area (Å²) < 4.78 is 0. The molecule has 0 spiro atoms. The number of nitrogens with one attached hydrogen (secondary N) is 2. The van der Waals surface area contributed by atoms with E-state index in [-0.39, 0.29) is 5.91 Å². The first-order valence-corrected chi connectivity index (χ1v) is 5.11. The highest BCUT2D eigenvalue weighted by Gasteiger charge is 2.05. The zero-order valence-electron chi connectivity index (χ0n) is 9.29. The van der Waals surface area contributed by atoms with Crippen LogP contribution in [0.25, 0.3) is 10.9 Å². The summed E-state index contributed by atoms with van der Waals surface area (Å²) in [6.07, 6.45) is 0. The summed E-state index contributed by atoms with van der Waals surface area (Å²) in [5.41, 5.74) is 1.59.